The van der Waals surface area contributed by atoms with Crippen molar-refractivity contribution in [3.05, 3.63) is 48.6 Å². The molecule has 0 bridgehead atoms. The van der Waals surface area contributed by atoms with Crippen molar-refractivity contribution in [1.29, 1.82) is 0 Å². The summed E-state index contributed by atoms with van der Waals surface area (Å²) in [6.45, 7) is 4.86. The molecule has 2 rings (SSSR count). The number of rotatable bonds is 8. The fourth-order valence-electron chi connectivity index (χ4n) is 2.70. The Kier molecular flexibility index (Phi) is 7.54. The van der Waals surface area contributed by atoms with Crippen LogP contribution < -0.4 is 0 Å². The van der Waals surface area contributed by atoms with E-state index in [2.05, 4.69) is 6.58 Å². The van der Waals surface area contributed by atoms with Crippen molar-refractivity contribution in [3.63, 3.8) is 0 Å². The van der Waals surface area contributed by atoms with E-state index in [4.69, 9.17) is 18.9 Å². The summed E-state index contributed by atoms with van der Waals surface area (Å²) >= 11 is 0. The Labute approximate surface area is 146 Å². The van der Waals surface area contributed by atoms with Gasteiger partial charge in [-0.1, -0.05) is 36.4 Å². The zero-order chi connectivity index (χ0) is 18.2. The first-order chi connectivity index (χ1) is 12.1. The quantitative estimate of drug-likeness (QED) is 0.527. The third kappa shape index (κ3) is 5.35. The van der Waals surface area contributed by atoms with E-state index in [1.165, 1.54) is 13.0 Å². The lowest BCUT2D eigenvalue weighted by Crippen LogP contribution is -2.61. The predicted octanol–water partition coefficient (Wildman–Crippen LogP) is 0.784. The van der Waals surface area contributed by atoms with Crippen LogP contribution in [0.25, 0.3) is 0 Å². The van der Waals surface area contributed by atoms with Crippen LogP contribution in [0, 0.1) is 0 Å². The smallest absolute Gasteiger partial charge is 0.303 e. The lowest BCUT2D eigenvalue weighted by Gasteiger charge is -2.43. The molecule has 7 heteroatoms. The molecule has 1 aromatic rings. The number of ether oxygens (including phenoxy) is 4. The molecule has 0 unspecified atom stereocenters. The molecule has 0 saturated carbocycles. The summed E-state index contributed by atoms with van der Waals surface area (Å²) in [6.07, 6.45) is -3.33. The van der Waals surface area contributed by atoms with Gasteiger partial charge in [0, 0.05) is 6.92 Å². The maximum atomic E-state index is 11.4. The number of benzene rings is 1. The molecule has 0 radical (unpaired) electrons. The molecule has 0 aliphatic carbocycles. The molecule has 1 heterocycles. The zero-order valence-electron chi connectivity index (χ0n) is 14.1. The Bertz CT molecular complexity index is 548. The number of aliphatic hydroxyl groups is 2. The second-order valence-corrected chi connectivity index (χ2v) is 5.67. The summed E-state index contributed by atoms with van der Waals surface area (Å²) in [5.74, 6) is -0.580. The highest BCUT2D eigenvalue weighted by Gasteiger charge is 2.48. The lowest BCUT2D eigenvalue weighted by atomic mass is 9.98. The number of carbonyl (C=O) groups is 1. The second-order valence-electron chi connectivity index (χ2n) is 5.67. The molecular weight excluding hydrogens is 328 g/mol. The lowest BCUT2D eigenvalue weighted by molar-refractivity contribution is -0.304. The fraction of sp³-hybridized carbons (Fsp3) is 0.500. The molecule has 1 saturated heterocycles. The highest BCUT2D eigenvalue weighted by atomic mass is 16.7. The van der Waals surface area contributed by atoms with Crippen molar-refractivity contribution in [2.45, 2.75) is 44.2 Å². The molecule has 25 heavy (non-hydrogen) atoms. The molecule has 1 aliphatic rings. The first-order valence-electron chi connectivity index (χ1n) is 8.06. The summed E-state index contributed by atoms with van der Waals surface area (Å²) in [5.41, 5.74) is 0.928. The van der Waals surface area contributed by atoms with Crippen LogP contribution in [0.1, 0.15) is 12.5 Å². The highest BCUT2D eigenvalue weighted by Crippen LogP contribution is 2.28. The van der Waals surface area contributed by atoms with Crippen molar-refractivity contribution >= 4 is 5.97 Å². The molecular formula is C18H24O7. The van der Waals surface area contributed by atoms with Gasteiger partial charge >= 0.3 is 5.97 Å². The van der Waals surface area contributed by atoms with Gasteiger partial charge in [-0.05, 0) is 5.56 Å². The van der Waals surface area contributed by atoms with Gasteiger partial charge in [0.05, 0.1) is 19.8 Å². The summed E-state index contributed by atoms with van der Waals surface area (Å²) in [5, 5.41) is 19.7. The van der Waals surface area contributed by atoms with Gasteiger partial charge in [0.25, 0.3) is 0 Å². The van der Waals surface area contributed by atoms with Crippen LogP contribution in [0.15, 0.2) is 43.0 Å². The first-order valence-corrected chi connectivity index (χ1v) is 8.06. The standard InChI is InChI=1S/C18H24O7/c1-3-9-22-16-15(23-11-13-7-5-4-6-8-13)14(10-19)25-18(21)17(16)24-12(2)20/h3-8,14-19,21H,1,9-11H2,2H3/t14-,15-,16+,17+,18+/m1/s1. The van der Waals surface area contributed by atoms with E-state index in [0.29, 0.717) is 0 Å². The molecule has 1 aliphatic heterocycles. The van der Waals surface area contributed by atoms with Crippen LogP contribution in [-0.2, 0) is 30.3 Å². The summed E-state index contributed by atoms with van der Waals surface area (Å²) in [7, 11) is 0. The first kappa shape index (κ1) is 19.6. The Hall–Kier alpha value is -1.77. The fourth-order valence-corrected chi connectivity index (χ4v) is 2.70. The Morgan fingerprint density at radius 3 is 2.56 bits per heavy atom. The van der Waals surface area contributed by atoms with Gasteiger partial charge in [-0.2, -0.15) is 0 Å². The van der Waals surface area contributed by atoms with Crippen molar-refractivity contribution in [2.75, 3.05) is 13.2 Å². The average molecular weight is 352 g/mol. The van der Waals surface area contributed by atoms with Gasteiger partial charge in [0.1, 0.15) is 18.3 Å². The van der Waals surface area contributed by atoms with Gasteiger partial charge in [-0.25, -0.2) is 0 Å². The second kappa shape index (κ2) is 9.65. The van der Waals surface area contributed by atoms with E-state index in [1.807, 2.05) is 30.3 Å². The minimum absolute atomic E-state index is 0.165. The van der Waals surface area contributed by atoms with Crippen LogP contribution in [0.3, 0.4) is 0 Å². The number of esters is 1. The van der Waals surface area contributed by atoms with Gasteiger partial charge in [-0.15, -0.1) is 6.58 Å². The third-order valence-corrected chi connectivity index (χ3v) is 3.78. The van der Waals surface area contributed by atoms with Crippen molar-refractivity contribution < 1.29 is 34.0 Å². The highest BCUT2D eigenvalue weighted by molar-refractivity contribution is 5.66. The topological polar surface area (TPSA) is 94.5 Å². The maximum Gasteiger partial charge on any atom is 0.303 e. The number of hydrogen-bond acceptors (Lipinski definition) is 7. The van der Waals surface area contributed by atoms with Gasteiger partial charge in [0.2, 0.25) is 0 Å². The minimum Gasteiger partial charge on any atom is -0.454 e. The monoisotopic (exact) mass is 352 g/mol. The van der Waals surface area contributed by atoms with Gasteiger partial charge < -0.3 is 29.2 Å². The van der Waals surface area contributed by atoms with E-state index in [-0.39, 0.29) is 19.8 Å². The van der Waals surface area contributed by atoms with Crippen molar-refractivity contribution in [2.24, 2.45) is 0 Å². The van der Waals surface area contributed by atoms with E-state index in [0.717, 1.165) is 5.56 Å². The summed E-state index contributed by atoms with van der Waals surface area (Å²) < 4.78 is 22.1. The molecule has 7 nitrogen and oxygen atoms in total. The Balaban J connectivity index is 2.18. The van der Waals surface area contributed by atoms with Crippen molar-refractivity contribution in [3.8, 4) is 0 Å². The summed E-state index contributed by atoms with van der Waals surface area (Å²) in [6, 6.07) is 9.46. The molecule has 0 spiro atoms. The number of hydrogen-bond donors (Lipinski definition) is 2. The van der Waals surface area contributed by atoms with Crippen LogP contribution in [0.5, 0.6) is 0 Å². The molecule has 0 aromatic heterocycles. The largest absolute Gasteiger partial charge is 0.454 e. The predicted molar refractivity (Wildman–Crippen MR) is 88.5 cm³/mol. The zero-order valence-corrected chi connectivity index (χ0v) is 14.1. The molecule has 1 aromatic carbocycles. The van der Waals surface area contributed by atoms with E-state index in [9.17, 15) is 15.0 Å². The van der Waals surface area contributed by atoms with Crippen molar-refractivity contribution in [1.82, 2.24) is 0 Å². The molecule has 5 atom stereocenters. The summed E-state index contributed by atoms with van der Waals surface area (Å²) in [4.78, 5) is 11.4. The molecule has 1 fully saturated rings. The van der Waals surface area contributed by atoms with Crippen LogP contribution in [0.4, 0.5) is 0 Å². The van der Waals surface area contributed by atoms with Gasteiger partial charge in [-0.3, -0.25) is 4.79 Å². The average Bonchev–Trinajstić information content (AvgIpc) is 2.61. The van der Waals surface area contributed by atoms with Crippen LogP contribution in [0.2, 0.25) is 0 Å². The third-order valence-electron chi connectivity index (χ3n) is 3.78. The van der Waals surface area contributed by atoms with E-state index >= 15 is 0 Å². The van der Waals surface area contributed by atoms with Gasteiger partial charge in [0.15, 0.2) is 12.4 Å². The Morgan fingerprint density at radius 1 is 1.24 bits per heavy atom. The molecule has 2 N–H and O–H groups in total. The Morgan fingerprint density at radius 2 is 1.96 bits per heavy atom. The molecule has 138 valence electrons. The normalized spacial score (nSPS) is 29.2. The van der Waals surface area contributed by atoms with E-state index < -0.39 is 36.7 Å². The maximum absolute atomic E-state index is 11.4. The number of aliphatic hydroxyl groups excluding tert-OH is 2. The van der Waals surface area contributed by atoms with Crippen LogP contribution >= 0.6 is 0 Å². The minimum atomic E-state index is -1.42. The molecule has 0 amide bonds. The SMILES string of the molecule is C=CCO[C@@H]1[C@H](OC(C)=O)[C@@H](O)O[C@H](CO)[C@H]1OCc1ccccc1. The van der Waals surface area contributed by atoms with Crippen LogP contribution in [-0.4, -0.2) is 60.1 Å². The van der Waals surface area contributed by atoms with E-state index in [1.54, 1.807) is 0 Å². The number of carbonyl (C=O) groups excluding carboxylic acids is 1.